The number of carbonyl (C=O) groups excluding carboxylic acids is 1. The van der Waals surface area contributed by atoms with Crippen LogP contribution in [0.3, 0.4) is 0 Å². The van der Waals surface area contributed by atoms with E-state index in [-0.39, 0.29) is 28.9 Å². The first-order chi connectivity index (χ1) is 9.88. The molecule has 21 heavy (non-hydrogen) atoms. The van der Waals surface area contributed by atoms with Crippen molar-refractivity contribution in [3.8, 4) is 11.5 Å². The minimum atomic E-state index is -0.364. The van der Waals surface area contributed by atoms with Crippen molar-refractivity contribution in [2.45, 2.75) is 26.7 Å². The van der Waals surface area contributed by atoms with Crippen LogP contribution in [-0.2, 0) is 0 Å². The highest BCUT2D eigenvalue weighted by atomic mass is 16.3. The van der Waals surface area contributed by atoms with Gasteiger partial charge in [0.05, 0.1) is 0 Å². The third-order valence-corrected chi connectivity index (χ3v) is 3.33. The van der Waals surface area contributed by atoms with Gasteiger partial charge in [0.25, 0.3) is 5.91 Å². The number of benzene rings is 2. The Kier molecular flexibility index (Phi) is 4.17. The van der Waals surface area contributed by atoms with Crippen LogP contribution < -0.4 is 5.32 Å². The van der Waals surface area contributed by atoms with Crippen LogP contribution in [0.4, 0.5) is 5.69 Å². The van der Waals surface area contributed by atoms with Crippen LogP contribution in [0, 0.1) is 6.92 Å². The van der Waals surface area contributed by atoms with Crippen molar-refractivity contribution in [3.05, 3.63) is 53.1 Å². The summed E-state index contributed by atoms with van der Waals surface area (Å²) >= 11 is 0. The van der Waals surface area contributed by atoms with Crippen molar-refractivity contribution in [1.82, 2.24) is 0 Å². The Bertz CT molecular complexity index is 657. The highest BCUT2D eigenvalue weighted by Crippen LogP contribution is 2.28. The van der Waals surface area contributed by atoms with E-state index in [0.29, 0.717) is 0 Å². The highest BCUT2D eigenvalue weighted by Gasteiger charge is 2.14. The summed E-state index contributed by atoms with van der Waals surface area (Å²) in [6.07, 6.45) is 0. The maximum atomic E-state index is 12.3. The van der Waals surface area contributed by atoms with Gasteiger partial charge in [0.15, 0.2) is 0 Å². The predicted octanol–water partition coefficient (Wildman–Crippen LogP) is 3.78. The molecule has 0 aliphatic heterocycles. The number of carbonyl (C=O) groups is 1. The molecule has 0 atom stereocenters. The zero-order valence-corrected chi connectivity index (χ0v) is 12.3. The molecule has 110 valence electrons. The van der Waals surface area contributed by atoms with Crippen molar-refractivity contribution in [1.29, 1.82) is 0 Å². The van der Waals surface area contributed by atoms with Crippen molar-refractivity contribution in [2.24, 2.45) is 0 Å². The summed E-state index contributed by atoms with van der Waals surface area (Å²) in [6, 6.07) is 9.70. The summed E-state index contributed by atoms with van der Waals surface area (Å²) in [7, 11) is 0. The Morgan fingerprint density at radius 2 is 1.71 bits per heavy atom. The topological polar surface area (TPSA) is 69.6 Å². The fourth-order valence-electron chi connectivity index (χ4n) is 2.25. The van der Waals surface area contributed by atoms with Gasteiger partial charge >= 0.3 is 0 Å². The molecule has 2 aromatic rings. The van der Waals surface area contributed by atoms with Crippen molar-refractivity contribution < 1.29 is 15.0 Å². The quantitative estimate of drug-likeness (QED) is 0.803. The fraction of sp³-hybridized carbons (Fsp3) is 0.235. The summed E-state index contributed by atoms with van der Waals surface area (Å²) in [4.78, 5) is 12.3. The molecule has 2 rings (SSSR count). The number of amides is 1. The summed E-state index contributed by atoms with van der Waals surface area (Å²) in [5, 5.41) is 21.8. The van der Waals surface area contributed by atoms with Crippen LogP contribution in [0.25, 0.3) is 0 Å². The van der Waals surface area contributed by atoms with Crippen LogP contribution >= 0.6 is 0 Å². The third-order valence-electron chi connectivity index (χ3n) is 3.33. The standard InChI is InChI=1S/C17H19NO3/c1-10(2)15-6-4-5-11(3)16(15)18-17(21)12-7-13(19)9-14(20)8-12/h4-10,19-20H,1-3H3,(H,18,21). The fourth-order valence-corrected chi connectivity index (χ4v) is 2.25. The molecule has 3 N–H and O–H groups in total. The van der Waals surface area contributed by atoms with Crippen LogP contribution in [0.2, 0.25) is 0 Å². The smallest absolute Gasteiger partial charge is 0.255 e. The number of hydrogen-bond donors (Lipinski definition) is 3. The maximum absolute atomic E-state index is 12.3. The first-order valence-corrected chi connectivity index (χ1v) is 6.82. The molecule has 0 heterocycles. The van der Waals surface area contributed by atoms with E-state index in [4.69, 9.17) is 0 Å². The van der Waals surface area contributed by atoms with Crippen molar-refractivity contribution >= 4 is 11.6 Å². The summed E-state index contributed by atoms with van der Waals surface area (Å²) in [5.74, 6) is -0.377. The number of phenolic OH excluding ortho intramolecular Hbond substituents is 2. The second-order valence-corrected chi connectivity index (χ2v) is 5.39. The Morgan fingerprint density at radius 1 is 1.10 bits per heavy atom. The largest absolute Gasteiger partial charge is 0.508 e. The van der Waals surface area contributed by atoms with Gasteiger partial charge in [-0.05, 0) is 36.1 Å². The van der Waals surface area contributed by atoms with Crippen LogP contribution in [-0.4, -0.2) is 16.1 Å². The van der Waals surface area contributed by atoms with E-state index >= 15 is 0 Å². The summed E-state index contributed by atoms with van der Waals surface area (Å²) < 4.78 is 0. The van der Waals surface area contributed by atoms with Crippen LogP contribution in [0.15, 0.2) is 36.4 Å². The van der Waals surface area contributed by atoms with Crippen molar-refractivity contribution in [2.75, 3.05) is 5.32 Å². The number of para-hydroxylation sites is 1. The van der Waals surface area contributed by atoms with Gasteiger partial charge < -0.3 is 15.5 Å². The van der Waals surface area contributed by atoms with Crippen molar-refractivity contribution in [3.63, 3.8) is 0 Å². The summed E-state index contributed by atoms with van der Waals surface area (Å²) in [5.41, 5.74) is 3.01. The van der Waals surface area contributed by atoms with E-state index in [0.717, 1.165) is 16.8 Å². The number of aromatic hydroxyl groups is 2. The lowest BCUT2D eigenvalue weighted by Crippen LogP contribution is -2.14. The maximum Gasteiger partial charge on any atom is 0.255 e. The van der Waals surface area contributed by atoms with Gasteiger partial charge in [-0.2, -0.15) is 0 Å². The monoisotopic (exact) mass is 285 g/mol. The molecular formula is C17H19NO3. The number of nitrogens with one attached hydrogen (secondary N) is 1. The molecule has 1 amide bonds. The molecule has 2 aromatic carbocycles. The van der Waals surface area contributed by atoms with Gasteiger partial charge in [0.1, 0.15) is 11.5 Å². The molecule has 0 spiro atoms. The summed E-state index contributed by atoms with van der Waals surface area (Å²) in [6.45, 7) is 6.05. The van der Waals surface area contributed by atoms with Crippen LogP contribution in [0.5, 0.6) is 11.5 Å². The molecule has 0 radical (unpaired) electrons. The van der Waals surface area contributed by atoms with Gasteiger partial charge in [0.2, 0.25) is 0 Å². The number of rotatable bonds is 3. The molecule has 0 unspecified atom stereocenters. The lowest BCUT2D eigenvalue weighted by Gasteiger charge is -2.16. The lowest BCUT2D eigenvalue weighted by molar-refractivity contribution is 0.102. The minimum absolute atomic E-state index is 0.144. The Balaban J connectivity index is 2.36. The molecule has 0 aromatic heterocycles. The Morgan fingerprint density at radius 3 is 2.29 bits per heavy atom. The van der Waals surface area contributed by atoms with E-state index in [1.54, 1.807) is 0 Å². The first-order valence-electron chi connectivity index (χ1n) is 6.82. The molecular weight excluding hydrogens is 266 g/mol. The molecule has 0 aliphatic carbocycles. The van der Waals surface area contributed by atoms with E-state index < -0.39 is 0 Å². The zero-order chi connectivity index (χ0) is 15.6. The molecule has 0 bridgehead atoms. The van der Waals surface area contributed by atoms with Gasteiger partial charge in [-0.25, -0.2) is 0 Å². The minimum Gasteiger partial charge on any atom is -0.508 e. The average Bonchev–Trinajstić information content (AvgIpc) is 2.39. The van der Waals surface area contributed by atoms with Gasteiger partial charge in [-0.15, -0.1) is 0 Å². The molecule has 0 saturated heterocycles. The van der Waals surface area contributed by atoms with E-state index in [1.807, 2.05) is 25.1 Å². The van der Waals surface area contributed by atoms with E-state index in [9.17, 15) is 15.0 Å². The zero-order valence-electron chi connectivity index (χ0n) is 12.3. The highest BCUT2D eigenvalue weighted by molar-refractivity contribution is 6.05. The normalized spacial score (nSPS) is 10.7. The SMILES string of the molecule is Cc1cccc(C(C)C)c1NC(=O)c1cc(O)cc(O)c1. The Labute approximate surface area is 124 Å². The van der Waals surface area contributed by atoms with E-state index in [1.165, 1.54) is 18.2 Å². The Hall–Kier alpha value is -2.49. The molecule has 4 heteroatoms. The first kappa shape index (κ1) is 14.9. The molecule has 0 saturated carbocycles. The number of phenols is 2. The third kappa shape index (κ3) is 3.34. The lowest BCUT2D eigenvalue weighted by atomic mass is 9.98. The van der Waals surface area contributed by atoms with Gasteiger partial charge in [-0.1, -0.05) is 32.0 Å². The predicted molar refractivity (Wildman–Crippen MR) is 83.0 cm³/mol. The molecule has 0 aliphatic rings. The van der Waals surface area contributed by atoms with Crippen LogP contribution in [0.1, 0.15) is 41.3 Å². The van der Waals surface area contributed by atoms with E-state index in [2.05, 4.69) is 19.2 Å². The number of aryl methyl sites for hydroxylation is 1. The number of hydrogen-bond acceptors (Lipinski definition) is 3. The molecule has 4 nitrogen and oxygen atoms in total. The second kappa shape index (κ2) is 5.87. The second-order valence-electron chi connectivity index (χ2n) is 5.39. The van der Waals surface area contributed by atoms with Gasteiger partial charge in [0, 0.05) is 17.3 Å². The average molecular weight is 285 g/mol. The van der Waals surface area contributed by atoms with Gasteiger partial charge in [-0.3, -0.25) is 4.79 Å². The molecule has 0 fully saturated rings. The number of anilines is 1.